The molecule has 3 aromatic carbocycles. The number of halogens is 4. The Balaban J connectivity index is 1.52. The molecule has 1 aliphatic heterocycles. The second-order valence-electron chi connectivity index (χ2n) is 8.99. The van der Waals surface area contributed by atoms with Crippen molar-refractivity contribution in [2.75, 3.05) is 13.2 Å². The third-order valence-electron chi connectivity index (χ3n) is 6.79. The molecule has 2 unspecified atom stereocenters. The molecule has 0 N–H and O–H groups in total. The molecule has 1 aliphatic rings. The van der Waals surface area contributed by atoms with Crippen LogP contribution >= 0.6 is 0 Å². The van der Waals surface area contributed by atoms with Crippen molar-refractivity contribution in [1.29, 1.82) is 0 Å². The normalized spacial score (nSPS) is 18.0. The highest BCUT2D eigenvalue weighted by atomic mass is 19.2. The summed E-state index contributed by atoms with van der Waals surface area (Å²) in [5, 5.41) is 0. The standard InChI is InChI=1S/C29H30F4O2/c1-3-18-5-10-22(35-17-18)13-8-20-9-14-24(28(32)26(20)30)25-16-15-23(27(31)29(25)33)19-6-11-21(12-7-19)34-4-2/h6-7,9,11-12,14-16,18,22H,3-5,8,10,13,17H2,1-2H3. The van der Waals surface area contributed by atoms with Gasteiger partial charge in [0.2, 0.25) is 0 Å². The van der Waals surface area contributed by atoms with Crippen LogP contribution in [0.3, 0.4) is 0 Å². The lowest BCUT2D eigenvalue weighted by atomic mass is 9.93. The molecule has 1 heterocycles. The molecule has 0 amide bonds. The van der Waals surface area contributed by atoms with E-state index in [9.17, 15) is 17.6 Å². The average molecular weight is 487 g/mol. The summed E-state index contributed by atoms with van der Waals surface area (Å²) in [7, 11) is 0. The maximum atomic E-state index is 15.0. The SMILES string of the molecule is CCOc1ccc(-c2ccc(-c3ccc(CCC4CCC(CC)CO4)c(F)c3F)c(F)c2F)cc1. The molecule has 2 nitrogen and oxygen atoms in total. The van der Waals surface area contributed by atoms with Gasteiger partial charge in [0.25, 0.3) is 0 Å². The zero-order valence-corrected chi connectivity index (χ0v) is 20.1. The van der Waals surface area contributed by atoms with Gasteiger partial charge in [-0.2, -0.15) is 0 Å². The molecule has 0 aromatic heterocycles. The van der Waals surface area contributed by atoms with E-state index in [4.69, 9.17) is 9.47 Å². The highest BCUT2D eigenvalue weighted by Crippen LogP contribution is 2.35. The lowest BCUT2D eigenvalue weighted by molar-refractivity contribution is -0.0203. The third kappa shape index (κ3) is 5.53. The number of ether oxygens (including phenoxy) is 2. The summed E-state index contributed by atoms with van der Waals surface area (Å²) in [6.07, 6.45) is 4.00. The summed E-state index contributed by atoms with van der Waals surface area (Å²) in [6.45, 7) is 5.18. The predicted molar refractivity (Wildman–Crippen MR) is 129 cm³/mol. The van der Waals surface area contributed by atoms with Gasteiger partial charge in [-0.05, 0) is 61.8 Å². The lowest BCUT2D eigenvalue weighted by Gasteiger charge is -2.28. The molecule has 1 saturated heterocycles. The molecule has 2 atom stereocenters. The highest BCUT2D eigenvalue weighted by Gasteiger charge is 2.23. The first-order valence-electron chi connectivity index (χ1n) is 12.2. The minimum Gasteiger partial charge on any atom is -0.494 e. The Kier molecular flexibility index (Phi) is 8.11. The first-order chi connectivity index (χ1) is 16.9. The Labute approximate surface area is 203 Å². The van der Waals surface area contributed by atoms with Crippen molar-refractivity contribution in [3.05, 3.63) is 77.4 Å². The molecule has 3 aromatic rings. The van der Waals surface area contributed by atoms with Crippen molar-refractivity contribution in [2.45, 2.75) is 52.1 Å². The van der Waals surface area contributed by atoms with E-state index in [-0.39, 0.29) is 28.4 Å². The molecule has 186 valence electrons. The van der Waals surface area contributed by atoms with E-state index in [1.807, 2.05) is 6.92 Å². The quantitative estimate of drug-likeness (QED) is 0.299. The minimum absolute atomic E-state index is 0.0293. The molecule has 0 radical (unpaired) electrons. The third-order valence-corrected chi connectivity index (χ3v) is 6.79. The first-order valence-corrected chi connectivity index (χ1v) is 12.2. The lowest BCUT2D eigenvalue weighted by Crippen LogP contribution is -2.26. The molecule has 35 heavy (non-hydrogen) atoms. The van der Waals surface area contributed by atoms with Gasteiger partial charge < -0.3 is 9.47 Å². The van der Waals surface area contributed by atoms with Gasteiger partial charge in [0.15, 0.2) is 23.3 Å². The Morgan fingerprint density at radius 2 is 1.40 bits per heavy atom. The van der Waals surface area contributed by atoms with Crippen LogP contribution in [-0.2, 0) is 11.2 Å². The highest BCUT2D eigenvalue weighted by molar-refractivity contribution is 5.72. The molecule has 4 rings (SSSR count). The monoisotopic (exact) mass is 486 g/mol. The van der Waals surface area contributed by atoms with E-state index in [1.54, 1.807) is 24.3 Å². The van der Waals surface area contributed by atoms with Crippen LogP contribution in [0.15, 0.2) is 48.5 Å². The summed E-state index contributed by atoms with van der Waals surface area (Å²) in [6, 6.07) is 12.0. The molecular weight excluding hydrogens is 456 g/mol. The molecule has 0 bridgehead atoms. The fourth-order valence-corrected chi connectivity index (χ4v) is 4.59. The Bertz CT molecular complexity index is 1150. The summed E-state index contributed by atoms with van der Waals surface area (Å²) in [4.78, 5) is 0. The van der Waals surface area contributed by atoms with Crippen molar-refractivity contribution in [2.24, 2.45) is 5.92 Å². The van der Waals surface area contributed by atoms with Crippen LogP contribution in [0.25, 0.3) is 22.3 Å². The van der Waals surface area contributed by atoms with Gasteiger partial charge in [0.1, 0.15) is 5.75 Å². The van der Waals surface area contributed by atoms with E-state index in [1.165, 1.54) is 24.3 Å². The van der Waals surface area contributed by atoms with Gasteiger partial charge in [-0.25, -0.2) is 17.6 Å². The van der Waals surface area contributed by atoms with Gasteiger partial charge in [-0.1, -0.05) is 49.7 Å². The maximum absolute atomic E-state index is 15.0. The second-order valence-corrected chi connectivity index (χ2v) is 8.99. The van der Waals surface area contributed by atoms with Gasteiger partial charge >= 0.3 is 0 Å². The van der Waals surface area contributed by atoms with Crippen LogP contribution in [0, 0.1) is 29.2 Å². The number of rotatable bonds is 8. The van der Waals surface area contributed by atoms with E-state index >= 15 is 0 Å². The maximum Gasteiger partial charge on any atom is 0.167 e. The summed E-state index contributed by atoms with van der Waals surface area (Å²) in [5.74, 6) is -3.35. The van der Waals surface area contributed by atoms with Gasteiger partial charge in [0.05, 0.1) is 12.7 Å². The minimum atomic E-state index is -1.22. The predicted octanol–water partition coefficient (Wildman–Crippen LogP) is 8.11. The fourth-order valence-electron chi connectivity index (χ4n) is 4.59. The molecular formula is C29H30F4O2. The van der Waals surface area contributed by atoms with Crippen LogP contribution in [0.4, 0.5) is 17.6 Å². The number of hydrogen-bond acceptors (Lipinski definition) is 2. The van der Waals surface area contributed by atoms with Gasteiger partial charge in [0, 0.05) is 23.3 Å². The van der Waals surface area contributed by atoms with E-state index in [2.05, 4.69) is 6.92 Å². The molecule has 0 aliphatic carbocycles. The van der Waals surface area contributed by atoms with Crippen molar-refractivity contribution in [3.8, 4) is 28.0 Å². The van der Waals surface area contributed by atoms with Crippen LogP contribution in [0.2, 0.25) is 0 Å². The van der Waals surface area contributed by atoms with Crippen molar-refractivity contribution >= 4 is 0 Å². The Morgan fingerprint density at radius 3 is 2.03 bits per heavy atom. The number of hydrogen-bond donors (Lipinski definition) is 0. The fraction of sp³-hybridized carbons (Fsp3) is 0.379. The molecule has 6 heteroatoms. The van der Waals surface area contributed by atoms with Crippen LogP contribution < -0.4 is 4.74 Å². The van der Waals surface area contributed by atoms with Gasteiger partial charge in [-0.3, -0.25) is 0 Å². The average Bonchev–Trinajstić information content (AvgIpc) is 2.88. The molecule has 1 fully saturated rings. The zero-order valence-electron chi connectivity index (χ0n) is 20.1. The Morgan fingerprint density at radius 1 is 0.771 bits per heavy atom. The van der Waals surface area contributed by atoms with E-state index in [0.29, 0.717) is 43.3 Å². The van der Waals surface area contributed by atoms with Crippen LogP contribution in [-0.4, -0.2) is 19.3 Å². The topological polar surface area (TPSA) is 18.5 Å². The van der Waals surface area contributed by atoms with Crippen molar-refractivity contribution in [3.63, 3.8) is 0 Å². The zero-order chi connectivity index (χ0) is 24.9. The molecule has 0 spiro atoms. The summed E-state index contributed by atoms with van der Waals surface area (Å²) in [5.41, 5.74) is 0.0690. The van der Waals surface area contributed by atoms with Crippen molar-refractivity contribution < 1.29 is 27.0 Å². The number of aryl methyl sites for hydroxylation is 1. The number of benzene rings is 3. The Hall–Kier alpha value is -2.86. The van der Waals surface area contributed by atoms with Crippen molar-refractivity contribution in [1.82, 2.24) is 0 Å². The largest absolute Gasteiger partial charge is 0.494 e. The van der Waals surface area contributed by atoms with Gasteiger partial charge in [-0.15, -0.1) is 0 Å². The van der Waals surface area contributed by atoms with Crippen LogP contribution in [0.5, 0.6) is 5.75 Å². The van der Waals surface area contributed by atoms with Crippen LogP contribution in [0.1, 0.15) is 45.1 Å². The first kappa shape index (κ1) is 25.2. The van der Waals surface area contributed by atoms with E-state index < -0.39 is 23.3 Å². The molecule has 0 saturated carbocycles. The smallest absolute Gasteiger partial charge is 0.167 e. The second kappa shape index (κ2) is 11.3. The summed E-state index contributed by atoms with van der Waals surface area (Å²) >= 11 is 0. The summed E-state index contributed by atoms with van der Waals surface area (Å²) < 4.78 is 71.0. The van der Waals surface area contributed by atoms with E-state index in [0.717, 1.165) is 19.3 Å².